The molecule has 0 unspecified atom stereocenters. The maximum atomic E-state index is 12.8. The van der Waals surface area contributed by atoms with Crippen molar-refractivity contribution in [1.29, 1.82) is 0 Å². The van der Waals surface area contributed by atoms with Crippen LogP contribution in [0, 0.1) is 5.82 Å². The minimum absolute atomic E-state index is 0.251. The number of nitrogens with one attached hydrogen (secondary N) is 1. The Kier molecular flexibility index (Phi) is 3.78. The van der Waals surface area contributed by atoms with Crippen LogP contribution in [-0.2, 0) is 4.79 Å². The fraction of sp³-hybridized carbons (Fsp3) is 0.0833. The van der Waals surface area contributed by atoms with Gasteiger partial charge < -0.3 is 0 Å². The van der Waals surface area contributed by atoms with Crippen molar-refractivity contribution in [3.8, 4) is 10.6 Å². The third-order valence-corrected chi connectivity index (χ3v) is 2.95. The number of rotatable bonds is 3. The van der Waals surface area contributed by atoms with Gasteiger partial charge in [-0.25, -0.2) is 4.39 Å². The molecule has 0 fully saturated rings. The lowest BCUT2D eigenvalue weighted by Gasteiger charge is -1.94. The zero-order valence-corrected chi connectivity index (χ0v) is 10.4. The van der Waals surface area contributed by atoms with Gasteiger partial charge in [-0.2, -0.15) is 0 Å². The number of carbonyl (C=O) groups is 1. The highest BCUT2D eigenvalue weighted by molar-refractivity contribution is 7.18. The Hall–Kier alpha value is -2.08. The Morgan fingerprint density at radius 2 is 2.06 bits per heavy atom. The van der Waals surface area contributed by atoms with E-state index < -0.39 is 0 Å². The average molecular weight is 263 g/mol. The Morgan fingerprint density at radius 1 is 1.33 bits per heavy atom. The van der Waals surface area contributed by atoms with Crippen LogP contribution in [0.5, 0.6) is 0 Å². The first-order valence-corrected chi connectivity index (χ1v) is 6.04. The van der Waals surface area contributed by atoms with Crippen LogP contribution in [0.1, 0.15) is 6.92 Å². The summed E-state index contributed by atoms with van der Waals surface area (Å²) in [6.07, 6.45) is 3.04. The molecule has 0 aliphatic rings. The fourth-order valence-electron chi connectivity index (χ4n) is 1.28. The van der Waals surface area contributed by atoms with E-state index in [1.54, 1.807) is 25.1 Å². The number of aromatic nitrogens is 2. The van der Waals surface area contributed by atoms with Gasteiger partial charge in [-0.15, -0.1) is 10.2 Å². The number of anilines is 1. The Morgan fingerprint density at radius 3 is 2.72 bits per heavy atom. The van der Waals surface area contributed by atoms with E-state index >= 15 is 0 Å². The second-order valence-corrected chi connectivity index (χ2v) is 4.39. The summed E-state index contributed by atoms with van der Waals surface area (Å²) in [4.78, 5) is 11.3. The molecule has 2 rings (SSSR count). The Balaban J connectivity index is 2.15. The van der Waals surface area contributed by atoms with Crippen molar-refractivity contribution in [3.05, 3.63) is 42.2 Å². The highest BCUT2D eigenvalue weighted by Crippen LogP contribution is 2.26. The minimum atomic E-state index is -0.301. The van der Waals surface area contributed by atoms with Gasteiger partial charge in [0.15, 0.2) is 0 Å². The van der Waals surface area contributed by atoms with E-state index in [2.05, 4.69) is 15.5 Å². The first-order chi connectivity index (χ1) is 8.69. The molecule has 0 aliphatic heterocycles. The van der Waals surface area contributed by atoms with Crippen molar-refractivity contribution >= 4 is 22.4 Å². The topological polar surface area (TPSA) is 54.9 Å². The van der Waals surface area contributed by atoms with Crippen LogP contribution in [0.25, 0.3) is 10.6 Å². The van der Waals surface area contributed by atoms with Crippen LogP contribution in [0.15, 0.2) is 36.4 Å². The molecule has 0 saturated heterocycles. The lowest BCUT2D eigenvalue weighted by atomic mass is 10.2. The van der Waals surface area contributed by atoms with Crippen LogP contribution in [0.3, 0.4) is 0 Å². The number of amides is 1. The number of hydrogen-bond donors (Lipinski definition) is 1. The van der Waals surface area contributed by atoms with Gasteiger partial charge in [-0.05, 0) is 37.3 Å². The first kappa shape index (κ1) is 12.4. The highest BCUT2D eigenvalue weighted by Gasteiger charge is 2.08. The average Bonchev–Trinajstić information content (AvgIpc) is 2.78. The standard InChI is InChI=1S/C12H10FN3OS/c1-2-3-10(17)14-12-16-15-11(18-12)8-4-6-9(13)7-5-8/h2-7H,1H3,(H,14,16,17)/b3-2+. The predicted octanol–water partition coefficient (Wildman–Crippen LogP) is 2.86. The summed E-state index contributed by atoms with van der Waals surface area (Å²) in [6.45, 7) is 1.75. The number of nitrogens with zero attached hydrogens (tertiary/aromatic N) is 2. The maximum absolute atomic E-state index is 12.8. The fourth-order valence-corrected chi connectivity index (χ4v) is 2.03. The van der Waals surface area contributed by atoms with E-state index in [0.717, 1.165) is 5.56 Å². The predicted molar refractivity (Wildman–Crippen MR) is 68.7 cm³/mol. The third-order valence-electron chi connectivity index (χ3n) is 2.06. The van der Waals surface area contributed by atoms with Gasteiger partial charge in [-0.1, -0.05) is 17.4 Å². The van der Waals surface area contributed by atoms with Gasteiger partial charge in [0, 0.05) is 5.56 Å². The number of hydrogen-bond acceptors (Lipinski definition) is 4. The summed E-state index contributed by atoms with van der Waals surface area (Å²) in [6, 6.07) is 5.95. The third kappa shape index (κ3) is 2.98. The molecule has 6 heteroatoms. The lowest BCUT2D eigenvalue weighted by Crippen LogP contribution is -2.07. The molecule has 0 spiro atoms. The van der Waals surface area contributed by atoms with Crippen LogP contribution >= 0.6 is 11.3 Å². The lowest BCUT2D eigenvalue weighted by molar-refractivity contribution is -0.111. The van der Waals surface area contributed by atoms with Crippen molar-refractivity contribution in [2.75, 3.05) is 5.32 Å². The smallest absolute Gasteiger partial charge is 0.249 e. The molecule has 1 aromatic heterocycles. The largest absolute Gasteiger partial charge is 0.297 e. The van der Waals surface area contributed by atoms with Gasteiger partial charge >= 0.3 is 0 Å². The van der Waals surface area contributed by atoms with Gasteiger partial charge in [0.1, 0.15) is 10.8 Å². The van der Waals surface area contributed by atoms with E-state index in [1.807, 2.05) is 0 Å². The molecule has 0 saturated carbocycles. The van der Waals surface area contributed by atoms with E-state index in [0.29, 0.717) is 10.1 Å². The Bertz CT molecular complexity index is 577. The van der Waals surface area contributed by atoms with Crippen molar-refractivity contribution in [2.24, 2.45) is 0 Å². The van der Waals surface area contributed by atoms with Crippen LogP contribution in [-0.4, -0.2) is 16.1 Å². The molecular formula is C12H10FN3OS. The molecule has 18 heavy (non-hydrogen) atoms. The quantitative estimate of drug-likeness (QED) is 0.866. The van der Waals surface area contributed by atoms with Gasteiger partial charge in [0.2, 0.25) is 11.0 Å². The van der Waals surface area contributed by atoms with Crippen LogP contribution in [0.2, 0.25) is 0 Å². The SMILES string of the molecule is C/C=C/C(=O)Nc1nnc(-c2ccc(F)cc2)s1. The molecule has 1 aromatic carbocycles. The summed E-state index contributed by atoms with van der Waals surface area (Å²) in [5.74, 6) is -0.552. The molecule has 4 nitrogen and oxygen atoms in total. The normalized spacial score (nSPS) is 10.8. The first-order valence-electron chi connectivity index (χ1n) is 5.22. The monoisotopic (exact) mass is 263 g/mol. The molecule has 2 aromatic rings. The summed E-state index contributed by atoms with van der Waals surface area (Å²) in [5, 5.41) is 11.4. The van der Waals surface area contributed by atoms with Crippen LogP contribution in [0.4, 0.5) is 9.52 Å². The van der Waals surface area contributed by atoms with Crippen molar-refractivity contribution in [1.82, 2.24) is 10.2 Å². The summed E-state index contributed by atoms with van der Waals surface area (Å²) < 4.78 is 12.8. The second-order valence-electron chi connectivity index (χ2n) is 3.41. The van der Waals surface area contributed by atoms with Crippen molar-refractivity contribution < 1.29 is 9.18 Å². The number of carbonyl (C=O) groups excluding carboxylic acids is 1. The molecule has 0 atom stereocenters. The molecular weight excluding hydrogens is 253 g/mol. The summed E-state index contributed by atoms with van der Waals surface area (Å²) >= 11 is 1.24. The van der Waals surface area contributed by atoms with E-state index in [9.17, 15) is 9.18 Å². The molecule has 1 amide bonds. The second kappa shape index (κ2) is 5.50. The molecule has 0 aliphatic carbocycles. The molecule has 1 heterocycles. The van der Waals surface area contributed by atoms with Gasteiger partial charge in [0.05, 0.1) is 0 Å². The molecule has 0 radical (unpaired) electrons. The Labute approximate surface area is 107 Å². The molecule has 92 valence electrons. The van der Waals surface area contributed by atoms with Crippen LogP contribution < -0.4 is 5.32 Å². The van der Waals surface area contributed by atoms with E-state index in [1.165, 1.54) is 29.5 Å². The van der Waals surface area contributed by atoms with Gasteiger partial charge in [0.25, 0.3) is 0 Å². The molecule has 1 N–H and O–H groups in total. The number of benzene rings is 1. The van der Waals surface area contributed by atoms with Gasteiger partial charge in [-0.3, -0.25) is 10.1 Å². The zero-order valence-electron chi connectivity index (χ0n) is 9.55. The summed E-state index contributed by atoms with van der Waals surface area (Å²) in [7, 11) is 0. The molecule has 0 bridgehead atoms. The summed E-state index contributed by atoms with van der Waals surface area (Å²) in [5.41, 5.74) is 0.764. The zero-order chi connectivity index (χ0) is 13.0. The number of allylic oxidation sites excluding steroid dienone is 1. The minimum Gasteiger partial charge on any atom is -0.297 e. The highest BCUT2D eigenvalue weighted by atomic mass is 32.1. The maximum Gasteiger partial charge on any atom is 0.249 e. The number of halogens is 1. The van der Waals surface area contributed by atoms with E-state index in [4.69, 9.17) is 0 Å². The van der Waals surface area contributed by atoms with E-state index in [-0.39, 0.29) is 11.7 Å². The van der Waals surface area contributed by atoms with Crippen molar-refractivity contribution in [2.45, 2.75) is 6.92 Å². The van der Waals surface area contributed by atoms with Crippen molar-refractivity contribution in [3.63, 3.8) is 0 Å².